The molecule has 1 aromatic carbocycles. The summed E-state index contributed by atoms with van der Waals surface area (Å²) in [5.74, 6) is -1.28. The number of aliphatic imine (C=N–C) groups is 1. The van der Waals surface area contributed by atoms with Gasteiger partial charge in [-0.3, -0.25) is 19.3 Å². The zero-order valence-electron chi connectivity index (χ0n) is 11.0. The topological polar surface area (TPSA) is 70.1 Å². The average Bonchev–Trinajstić information content (AvgIpc) is 2.92. The summed E-state index contributed by atoms with van der Waals surface area (Å²) in [6.45, 7) is 1.17. The highest BCUT2D eigenvalue weighted by Crippen LogP contribution is 2.26. The van der Waals surface area contributed by atoms with E-state index in [4.69, 9.17) is 11.6 Å². The molecule has 0 aliphatic carbocycles. The normalized spacial score (nSPS) is 19.3. The molecule has 0 unspecified atom stereocenters. The van der Waals surface area contributed by atoms with Gasteiger partial charge in [0.1, 0.15) is 12.2 Å². The zero-order chi connectivity index (χ0) is 15.1. The van der Waals surface area contributed by atoms with Crippen molar-refractivity contribution in [3.05, 3.63) is 40.5 Å². The first kappa shape index (κ1) is 13.5. The maximum absolute atomic E-state index is 12.2. The van der Waals surface area contributed by atoms with E-state index < -0.39 is 11.8 Å². The van der Waals surface area contributed by atoms with Crippen molar-refractivity contribution >= 4 is 41.4 Å². The number of guanidine groups is 1. The van der Waals surface area contributed by atoms with Gasteiger partial charge in [-0.1, -0.05) is 29.8 Å². The van der Waals surface area contributed by atoms with Gasteiger partial charge in [0.25, 0.3) is 11.8 Å². The summed E-state index contributed by atoms with van der Waals surface area (Å²) >= 11 is 6.03. The second kappa shape index (κ2) is 4.82. The van der Waals surface area contributed by atoms with Crippen LogP contribution in [0.15, 0.2) is 35.0 Å². The Hall–Kier alpha value is -2.47. The summed E-state index contributed by atoms with van der Waals surface area (Å²) in [6.07, 6.45) is 1.50. The summed E-state index contributed by atoms with van der Waals surface area (Å²) in [6, 6.07) is 6.97. The van der Waals surface area contributed by atoms with E-state index in [1.807, 2.05) is 0 Å². The highest BCUT2D eigenvalue weighted by Gasteiger charge is 2.45. The van der Waals surface area contributed by atoms with Crippen molar-refractivity contribution < 1.29 is 14.4 Å². The van der Waals surface area contributed by atoms with Crippen LogP contribution in [0.1, 0.15) is 12.5 Å². The predicted octanol–water partition coefficient (Wildman–Crippen LogP) is 1.27. The Bertz CT molecular complexity index is 739. The molecule has 0 radical (unpaired) electrons. The first-order chi connectivity index (χ1) is 9.99. The lowest BCUT2D eigenvalue weighted by molar-refractivity contribution is -0.136. The van der Waals surface area contributed by atoms with Gasteiger partial charge in [0, 0.05) is 11.9 Å². The smallest absolute Gasteiger partial charge is 0.275 e. The highest BCUT2D eigenvalue weighted by atomic mass is 35.5. The van der Waals surface area contributed by atoms with Crippen molar-refractivity contribution in [1.29, 1.82) is 0 Å². The molecule has 2 aliphatic heterocycles. The van der Waals surface area contributed by atoms with Gasteiger partial charge in [0.15, 0.2) is 0 Å². The lowest BCUT2D eigenvalue weighted by atomic mass is 10.2. The van der Waals surface area contributed by atoms with E-state index in [1.165, 1.54) is 17.9 Å². The van der Waals surface area contributed by atoms with Crippen molar-refractivity contribution in [2.45, 2.75) is 6.92 Å². The predicted molar refractivity (Wildman–Crippen MR) is 76.1 cm³/mol. The number of fused-ring (bicyclic) bond motifs is 1. The Kier molecular flexibility index (Phi) is 3.10. The number of hydrogen-bond acceptors (Lipinski definition) is 4. The molecular formula is C14H10ClN3O3. The molecule has 0 bridgehead atoms. The largest absolute Gasteiger partial charge is 0.286 e. The lowest BCUT2D eigenvalue weighted by Gasteiger charge is -2.10. The highest BCUT2D eigenvalue weighted by molar-refractivity contribution is 6.33. The van der Waals surface area contributed by atoms with Gasteiger partial charge in [-0.2, -0.15) is 0 Å². The van der Waals surface area contributed by atoms with Crippen molar-refractivity contribution in [3.8, 4) is 0 Å². The fraction of sp³-hybridized carbons (Fsp3) is 0.143. The Morgan fingerprint density at radius 2 is 2.05 bits per heavy atom. The molecule has 2 aliphatic rings. The third kappa shape index (κ3) is 2.13. The zero-order valence-corrected chi connectivity index (χ0v) is 11.8. The third-order valence-electron chi connectivity index (χ3n) is 3.20. The van der Waals surface area contributed by atoms with E-state index in [0.717, 1.165) is 4.90 Å². The Morgan fingerprint density at radius 1 is 1.33 bits per heavy atom. The molecule has 6 nitrogen and oxygen atoms in total. The van der Waals surface area contributed by atoms with Gasteiger partial charge in [0.2, 0.25) is 11.9 Å². The molecular weight excluding hydrogens is 294 g/mol. The first-order valence-corrected chi connectivity index (χ1v) is 6.57. The van der Waals surface area contributed by atoms with E-state index >= 15 is 0 Å². The molecule has 21 heavy (non-hydrogen) atoms. The van der Waals surface area contributed by atoms with Crippen LogP contribution in [0.4, 0.5) is 0 Å². The van der Waals surface area contributed by atoms with Gasteiger partial charge in [-0.05, 0) is 17.7 Å². The summed E-state index contributed by atoms with van der Waals surface area (Å²) in [4.78, 5) is 41.7. The minimum atomic E-state index is -0.543. The number of nitrogens with zero attached hydrogens (tertiary/aromatic N) is 3. The number of benzene rings is 1. The van der Waals surface area contributed by atoms with Crippen LogP contribution in [-0.4, -0.2) is 40.0 Å². The molecule has 0 spiro atoms. The molecule has 106 valence electrons. The van der Waals surface area contributed by atoms with E-state index in [0.29, 0.717) is 10.6 Å². The van der Waals surface area contributed by atoms with Crippen LogP contribution in [0.5, 0.6) is 0 Å². The van der Waals surface area contributed by atoms with Crippen LogP contribution in [-0.2, 0) is 14.4 Å². The number of hydrogen-bond donors (Lipinski definition) is 0. The lowest BCUT2D eigenvalue weighted by Crippen LogP contribution is -2.36. The Morgan fingerprint density at radius 3 is 2.71 bits per heavy atom. The molecule has 0 N–H and O–H groups in total. The third-order valence-corrected chi connectivity index (χ3v) is 3.55. The number of rotatable bonds is 1. The van der Waals surface area contributed by atoms with Crippen LogP contribution < -0.4 is 0 Å². The number of halogens is 1. The van der Waals surface area contributed by atoms with Gasteiger partial charge >= 0.3 is 0 Å². The van der Waals surface area contributed by atoms with Crippen LogP contribution >= 0.6 is 11.6 Å². The maximum Gasteiger partial charge on any atom is 0.286 e. The van der Waals surface area contributed by atoms with Gasteiger partial charge in [-0.25, -0.2) is 9.89 Å². The monoisotopic (exact) mass is 303 g/mol. The van der Waals surface area contributed by atoms with Gasteiger partial charge in [0.05, 0.1) is 0 Å². The SMILES string of the molecule is CC(=O)N1CC(=O)N2C(=O)/C(=C\c3ccccc3Cl)N=C12. The molecule has 1 saturated heterocycles. The van der Waals surface area contributed by atoms with Crippen LogP contribution in [0, 0.1) is 0 Å². The van der Waals surface area contributed by atoms with Crippen molar-refractivity contribution in [3.63, 3.8) is 0 Å². The number of imide groups is 1. The quantitative estimate of drug-likeness (QED) is 0.579. The molecule has 3 rings (SSSR count). The van der Waals surface area contributed by atoms with E-state index in [2.05, 4.69) is 4.99 Å². The number of amides is 3. The summed E-state index contributed by atoms with van der Waals surface area (Å²) in [5.41, 5.74) is 0.701. The standard InChI is InChI=1S/C14H10ClN3O3/c1-8(19)17-7-12(20)18-13(21)11(16-14(17)18)6-9-4-2-3-5-10(9)15/h2-6H,7H2,1H3/b11-6+. The van der Waals surface area contributed by atoms with Gasteiger partial charge < -0.3 is 0 Å². The molecule has 7 heteroatoms. The molecule has 0 aromatic heterocycles. The summed E-state index contributed by atoms with van der Waals surface area (Å²) in [7, 11) is 0. The second-order valence-corrected chi connectivity index (χ2v) is 5.01. The number of carbonyl (C=O) groups excluding carboxylic acids is 3. The fourth-order valence-corrected chi connectivity index (χ4v) is 2.37. The molecule has 0 saturated carbocycles. The van der Waals surface area contributed by atoms with Gasteiger partial charge in [-0.15, -0.1) is 0 Å². The van der Waals surface area contributed by atoms with E-state index in [-0.39, 0.29) is 24.1 Å². The van der Waals surface area contributed by atoms with Crippen LogP contribution in [0.2, 0.25) is 5.02 Å². The minimum absolute atomic E-state index is 0.0656. The van der Waals surface area contributed by atoms with E-state index in [1.54, 1.807) is 24.3 Å². The maximum atomic E-state index is 12.2. The number of carbonyl (C=O) groups is 3. The molecule has 0 atom stereocenters. The van der Waals surface area contributed by atoms with E-state index in [9.17, 15) is 14.4 Å². The molecule has 1 fully saturated rings. The Balaban J connectivity index is 2.04. The first-order valence-electron chi connectivity index (χ1n) is 6.19. The second-order valence-electron chi connectivity index (χ2n) is 4.60. The molecule has 3 amide bonds. The fourth-order valence-electron chi connectivity index (χ4n) is 2.18. The van der Waals surface area contributed by atoms with Crippen LogP contribution in [0.3, 0.4) is 0 Å². The Labute approximate surface area is 125 Å². The van der Waals surface area contributed by atoms with Crippen molar-refractivity contribution in [2.75, 3.05) is 6.54 Å². The van der Waals surface area contributed by atoms with Crippen molar-refractivity contribution in [2.24, 2.45) is 4.99 Å². The molecule has 2 heterocycles. The average molecular weight is 304 g/mol. The van der Waals surface area contributed by atoms with Crippen molar-refractivity contribution in [1.82, 2.24) is 9.80 Å². The molecule has 1 aromatic rings. The minimum Gasteiger partial charge on any atom is -0.275 e. The summed E-state index contributed by atoms with van der Waals surface area (Å²) in [5, 5.41) is 0.472. The van der Waals surface area contributed by atoms with Crippen LogP contribution in [0.25, 0.3) is 6.08 Å². The summed E-state index contributed by atoms with van der Waals surface area (Å²) < 4.78 is 0.